The Morgan fingerprint density at radius 1 is 0.242 bits per heavy atom. The summed E-state index contributed by atoms with van der Waals surface area (Å²) in [5.74, 6) is 0. The van der Waals surface area contributed by atoms with Crippen molar-refractivity contribution in [3.05, 3.63) is 267 Å². The molecular formula is C64H44N2. The van der Waals surface area contributed by atoms with Crippen LogP contribution in [0.25, 0.3) is 93.9 Å². The molecule has 12 aromatic rings. The van der Waals surface area contributed by atoms with Crippen LogP contribution in [0.15, 0.2) is 267 Å². The van der Waals surface area contributed by atoms with E-state index in [0.717, 1.165) is 28.3 Å². The van der Waals surface area contributed by atoms with Crippen molar-refractivity contribution in [3.63, 3.8) is 0 Å². The Hall–Kier alpha value is -8.72. The minimum atomic E-state index is 1.07. The monoisotopic (exact) mass is 840 g/mol. The molecule has 0 fully saturated rings. The van der Waals surface area contributed by atoms with E-state index in [1.54, 1.807) is 0 Å². The molecule has 0 bridgehead atoms. The van der Waals surface area contributed by atoms with Crippen molar-refractivity contribution in [1.82, 2.24) is 4.57 Å². The third kappa shape index (κ3) is 7.02. The van der Waals surface area contributed by atoms with Crippen molar-refractivity contribution in [2.24, 2.45) is 0 Å². The Morgan fingerprint density at radius 3 is 1.32 bits per heavy atom. The number of anilines is 3. The van der Waals surface area contributed by atoms with Crippen LogP contribution in [0.2, 0.25) is 0 Å². The Morgan fingerprint density at radius 2 is 0.682 bits per heavy atom. The zero-order chi connectivity index (χ0) is 43.8. The lowest BCUT2D eigenvalue weighted by atomic mass is 9.87. The predicted octanol–water partition coefficient (Wildman–Crippen LogP) is 17.7. The highest BCUT2D eigenvalue weighted by Crippen LogP contribution is 2.44. The summed E-state index contributed by atoms with van der Waals surface area (Å²) in [7, 11) is 0. The minimum absolute atomic E-state index is 1.07. The number of hydrogen-bond donors (Lipinski definition) is 0. The summed E-state index contributed by atoms with van der Waals surface area (Å²) in [6.45, 7) is 0. The number of aromatic nitrogens is 1. The largest absolute Gasteiger partial charge is 0.310 e. The van der Waals surface area contributed by atoms with Crippen LogP contribution in [-0.2, 0) is 0 Å². The molecule has 0 radical (unpaired) electrons. The third-order valence-electron chi connectivity index (χ3n) is 13.0. The lowest BCUT2D eigenvalue weighted by Crippen LogP contribution is -2.10. The zero-order valence-electron chi connectivity index (χ0n) is 36.3. The number of para-hydroxylation sites is 2. The predicted molar refractivity (Wildman–Crippen MR) is 280 cm³/mol. The van der Waals surface area contributed by atoms with Gasteiger partial charge in [0.25, 0.3) is 0 Å². The average molecular weight is 841 g/mol. The van der Waals surface area contributed by atoms with E-state index in [2.05, 4.69) is 276 Å². The second-order valence-corrected chi connectivity index (χ2v) is 16.9. The van der Waals surface area contributed by atoms with Gasteiger partial charge in [0.05, 0.1) is 11.0 Å². The fraction of sp³-hybridized carbons (Fsp3) is 0. The number of fused-ring (bicyclic) bond motifs is 4. The van der Waals surface area contributed by atoms with E-state index in [9.17, 15) is 0 Å². The van der Waals surface area contributed by atoms with Gasteiger partial charge in [-0.1, -0.05) is 206 Å². The standard InChI is InChI=1S/C64H44N2/c1-2-19-46(20-3-1)55-26-6-8-28-57(55)59-30-10-11-31-60(59)58-29-9-7-27-56(58)47-38-40-51(41-39-47)65(52-23-16-22-49(43-52)50-37-36-45-18-4-5-21-48(45)42-50)53-24-17-25-54(44-53)66-63-34-14-12-32-61(63)62-33-13-15-35-64(62)66/h1-44H. The summed E-state index contributed by atoms with van der Waals surface area (Å²) >= 11 is 0. The van der Waals surface area contributed by atoms with E-state index in [0.29, 0.717) is 0 Å². The molecule has 310 valence electrons. The van der Waals surface area contributed by atoms with Gasteiger partial charge in [-0.05, 0) is 127 Å². The van der Waals surface area contributed by atoms with Crippen molar-refractivity contribution in [2.75, 3.05) is 4.90 Å². The van der Waals surface area contributed by atoms with Gasteiger partial charge < -0.3 is 9.47 Å². The van der Waals surface area contributed by atoms with Crippen LogP contribution in [0, 0.1) is 0 Å². The molecule has 0 saturated carbocycles. The summed E-state index contributed by atoms with van der Waals surface area (Å²) in [5, 5.41) is 4.97. The SMILES string of the molecule is c1ccc(-c2ccccc2-c2ccccc2-c2ccccc2-c2ccc(N(c3cccc(-c4ccc5ccccc5c4)c3)c3cccc(-n4c5ccccc5c5ccccc54)c3)cc2)cc1. The van der Waals surface area contributed by atoms with Gasteiger partial charge in [-0.2, -0.15) is 0 Å². The van der Waals surface area contributed by atoms with Crippen LogP contribution in [0.3, 0.4) is 0 Å². The molecule has 0 aliphatic carbocycles. The number of nitrogens with zero attached hydrogens (tertiary/aromatic N) is 2. The first-order valence-electron chi connectivity index (χ1n) is 22.7. The maximum absolute atomic E-state index is 2.40. The molecule has 12 rings (SSSR count). The second kappa shape index (κ2) is 16.8. The normalized spacial score (nSPS) is 11.3. The van der Waals surface area contributed by atoms with Gasteiger partial charge in [-0.25, -0.2) is 0 Å². The Balaban J connectivity index is 0.983. The second-order valence-electron chi connectivity index (χ2n) is 16.9. The maximum atomic E-state index is 2.40. The smallest absolute Gasteiger partial charge is 0.0541 e. The number of benzene rings is 11. The molecule has 2 nitrogen and oxygen atoms in total. The van der Waals surface area contributed by atoms with E-state index in [4.69, 9.17) is 0 Å². The lowest BCUT2D eigenvalue weighted by molar-refractivity contribution is 1.17. The quantitative estimate of drug-likeness (QED) is 0.141. The Bertz CT molecular complexity index is 3660. The zero-order valence-corrected chi connectivity index (χ0v) is 36.3. The molecule has 0 atom stereocenters. The summed E-state index contributed by atoms with van der Waals surface area (Å²) in [6.07, 6.45) is 0. The fourth-order valence-corrected chi connectivity index (χ4v) is 9.91. The molecule has 0 saturated heterocycles. The molecule has 66 heavy (non-hydrogen) atoms. The first-order valence-corrected chi connectivity index (χ1v) is 22.7. The van der Waals surface area contributed by atoms with Crippen LogP contribution in [0.1, 0.15) is 0 Å². The van der Waals surface area contributed by atoms with Gasteiger partial charge in [0.15, 0.2) is 0 Å². The molecule has 0 N–H and O–H groups in total. The van der Waals surface area contributed by atoms with Crippen LogP contribution >= 0.6 is 0 Å². The average Bonchev–Trinajstić information content (AvgIpc) is 3.74. The summed E-state index contributed by atoms with van der Waals surface area (Å²) in [5.41, 5.74) is 18.7. The van der Waals surface area contributed by atoms with Crippen molar-refractivity contribution in [1.29, 1.82) is 0 Å². The van der Waals surface area contributed by atoms with Crippen molar-refractivity contribution in [3.8, 4) is 61.3 Å². The van der Waals surface area contributed by atoms with Gasteiger partial charge in [-0.3, -0.25) is 0 Å². The van der Waals surface area contributed by atoms with Crippen LogP contribution in [0.4, 0.5) is 17.1 Å². The highest BCUT2D eigenvalue weighted by Gasteiger charge is 2.19. The van der Waals surface area contributed by atoms with Crippen molar-refractivity contribution >= 4 is 49.6 Å². The molecule has 0 amide bonds. The molecule has 0 aliphatic heterocycles. The van der Waals surface area contributed by atoms with Gasteiger partial charge in [0.1, 0.15) is 0 Å². The molecular weight excluding hydrogens is 797 g/mol. The Labute approximate surface area is 385 Å². The summed E-state index contributed by atoms with van der Waals surface area (Å²) in [6, 6.07) is 96.9. The third-order valence-corrected chi connectivity index (χ3v) is 13.0. The molecule has 1 aromatic heterocycles. The van der Waals surface area contributed by atoms with Gasteiger partial charge >= 0.3 is 0 Å². The number of hydrogen-bond acceptors (Lipinski definition) is 1. The minimum Gasteiger partial charge on any atom is -0.310 e. The Kier molecular flexibility index (Phi) is 9.89. The van der Waals surface area contributed by atoms with E-state index in [-0.39, 0.29) is 0 Å². The van der Waals surface area contributed by atoms with Crippen molar-refractivity contribution in [2.45, 2.75) is 0 Å². The summed E-state index contributed by atoms with van der Waals surface area (Å²) in [4.78, 5) is 2.40. The highest BCUT2D eigenvalue weighted by molar-refractivity contribution is 6.09. The van der Waals surface area contributed by atoms with Crippen molar-refractivity contribution < 1.29 is 0 Å². The summed E-state index contributed by atoms with van der Waals surface area (Å²) < 4.78 is 2.40. The molecule has 11 aromatic carbocycles. The fourth-order valence-electron chi connectivity index (χ4n) is 9.91. The topological polar surface area (TPSA) is 8.17 Å². The van der Waals surface area contributed by atoms with Crippen LogP contribution in [0.5, 0.6) is 0 Å². The number of rotatable bonds is 9. The molecule has 1 heterocycles. The molecule has 2 heteroatoms. The molecule has 0 unspecified atom stereocenters. The van der Waals surface area contributed by atoms with E-state index in [1.807, 2.05) is 0 Å². The first kappa shape index (κ1) is 38.9. The highest BCUT2D eigenvalue weighted by atomic mass is 15.1. The van der Waals surface area contributed by atoms with Crippen LogP contribution in [-0.4, -0.2) is 4.57 Å². The lowest BCUT2D eigenvalue weighted by Gasteiger charge is -2.27. The maximum Gasteiger partial charge on any atom is 0.0541 e. The van der Waals surface area contributed by atoms with Gasteiger partial charge in [-0.15, -0.1) is 0 Å². The van der Waals surface area contributed by atoms with E-state index in [1.165, 1.54) is 82.6 Å². The molecule has 0 aliphatic rings. The first-order chi connectivity index (χ1) is 32.7. The van der Waals surface area contributed by atoms with Gasteiger partial charge in [0, 0.05) is 33.5 Å². The van der Waals surface area contributed by atoms with Gasteiger partial charge in [0.2, 0.25) is 0 Å². The molecule has 0 spiro atoms. The van der Waals surface area contributed by atoms with E-state index >= 15 is 0 Å². The van der Waals surface area contributed by atoms with Crippen LogP contribution < -0.4 is 4.90 Å². The van der Waals surface area contributed by atoms with E-state index < -0.39 is 0 Å².